The first-order valence-corrected chi connectivity index (χ1v) is 10.5. The quantitative estimate of drug-likeness (QED) is 0.792. The van der Waals surface area contributed by atoms with Crippen molar-refractivity contribution in [3.63, 3.8) is 0 Å². The zero-order valence-electron chi connectivity index (χ0n) is 16.3. The molecule has 7 heteroatoms. The summed E-state index contributed by atoms with van der Waals surface area (Å²) in [5.74, 6) is 2.52. The maximum absolute atomic E-state index is 12.9. The number of thiophene rings is 1. The van der Waals surface area contributed by atoms with Gasteiger partial charge < -0.3 is 19.9 Å². The van der Waals surface area contributed by atoms with Crippen molar-refractivity contribution in [3.8, 4) is 17.4 Å². The van der Waals surface area contributed by atoms with E-state index in [1.54, 1.807) is 17.0 Å². The number of hydrogen-bond donors (Lipinski definition) is 1. The Bertz CT molecular complexity index is 978. The zero-order chi connectivity index (χ0) is 20.4. The topological polar surface area (TPSA) is 61.9 Å². The molecule has 1 aromatic carbocycles. The number of carbonyl (C=O) groups is 2. The van der Waals surface area contributed by atoms with E-state index in [2.05, 4.69) is 29.3 Å². The Morgan fingerprint density at radius 2 is 2.10 bits per heavy atom. The van der Waals surface area contributed by atoms with Crippen molar-refractivity contribution in [1.82, 2.24) is 15.1 Å². The second-order valence-corrected chi connectivity index (χ2v) is 8.55. The predicted octanol–water partition coefficient (Wildman–Crippen LogP) is 2.72. The molecular formula is C22H23N3O3S. The summed E-state index contributed by atoms with van der Waals surface area (Å²) in [4.78, 5) is 29.8. The van der Waals surface area contributed by atoms with Crippen LogP contribution in [0, 0.1) is 12.3 Å². The number of likely N-dealkylation sites (tertiary alicyclic amines) is 1. The van der Waals surface area contributed by atoms with Gasteiger partial charge in [0.05, 0.1) is 10.9 Å². The Kier molecular flexibility index (Phi) is 5.56. The van der Waals surface area contributed by atoms with Crippen molar-refractivity contribution in [2.24, 2.45) is 0 Å². The number of rotatable bonds is 3. The van der Waals surface area contributed by atoms with Gasteiger partial charge >= 0.3 is 6.09 Å². The maximum Gasteiger partial charge on any atom is 0.413 e. The highest BCUT2D eigenvalue weighted by molar-refractivity contribution is 7.14. The lowest BCUT2D eigenvalue weighted by atomic mass is 9.97. The molecule has 1 N–H and O–H groups in total. The van der Waals surface area contributed by atoms with Gasteiger partial charge in [-0.15, -0.1) is 6.42 Å². The minimum absolute atomic E-state index is 0.0151. The Morgan fingerprint density at radius 1 is 1.24 bits per heavy atom. The van der Waals surface area contributed by atoms with Crippen LogP contribution in [0.5, 0.6) is 5.06 Å². The van der Waals surface area contributed by atoms with Crippen molar-refractivity contribution < 1.29 is 14.3 Å². The van der Waals surface area contributed by atoms with Gasteiger partial charge in [-0.05, 0) is 55.3 Å². The fourth-order valence-corrected chi connectivity index (χ4v) is 4.48. The largest absolute Gasteiger partial charge is 0.413 e. The van der Waals surface area contributed by atoms with E-state index in [1.807, 2.05) is 12.1 Å². The van der Waals surface area contributed by atoms with Crippen LogP contribution in [0.25, 0.3) is 0 Å². The van der Waals surface area contributed by atoms with Gasteiger partial charge in [0.1, 0.15) is 0 Å². The average Bonchev–Trinajstić information content (AvgIpc) is 3.36. The highest BCUT2D eigenvalue weighted by Gasteiger charge is 2.29. The molecule has 2 amide bonds. The second-order valence-electron chi connectivity index (χ2n) is 7.50. The van der Waals surface area contributed by atoms with E-state index in [9.17, 15) is 9.59 Å². The highest BCUT2D eigenvalue weighted by Crippen LogP contribution is 2.24. The van der Waals surface area contributed by atoms with Crippen LogP contribution in [-0.4, -0.2) is 54.5 Å². The fourth-order valence-electron chi connectivity index (χ4n) is 3.81. The van der Waals surface area contributed by atoms with Gasteiger partial charge in [-0.3, -0.25) is 4.79 Å². The second kappa shape index (κ2) is 8.27. The van der Waals surface area contributed by atoms with E-state index >= 15 is 0 Å². The van der Waals surface area contributed by atoms with E-state index in [-0.39, 0.29) is 11.9 Å². The average molecular weight is 410 g/mol. The number of amides is 2. The van der Waals surface area contributed by atoms with Crippen LogP contribution in [0.15, 0.2) is 30.3 Å². The molecule has 6 nitrogen and oxygen atoms in total. The predicted molar refractivity (Wildman–Crippen MR) is 112 cm³/mol. The third-order valence-electron chi connectivity index (χ3n) is 5.37. The molecule has 2 aliphatic heterocycles. The summed E-state index contributed by atoms with van der Waals surface area (Å²) in [7, 11) is 2.11. The van der Waals surface area contributed by atoms with Crippen molar-refractivity contribution >= 4 is 23.3 Å². The van der Waals surface area contributed by atoms with Crippen molar-refractivity contribution in [3.05, 3.63) is 51.9 Å². The molecule has 0 aliphatic carbocycles. The van der Waals surface area contributed by atoms with Gasteiger partial charge in [0.15, 0.2) is 5.06 Å². The van der Waals surface area contributed by atoms with Crippen LogP contribution < -0.4 is 10.1 Å². The fraction of sp³-hybridized carbons (Fsp3) is 0.364. The third-order valence-corrected chi connectivity index (χ3v) is 6.27. The van der Waals surface area contributed by atoms with Gasteiger partial charge in [0.2, 0.25) is 0 Å². The lowest BCUT2D eigenvalue weighted by Gasteiger charge is -2.25. The molecule has 1 fully saturated rings. The summed E-state index contributed by atoms with van der Waals surface area (Å²) in [6, 6.07) is 9.30. The molecule has 2 aromatic rings. The maximum atomic E-state index is 12.9. The van der Waals surface area contributed by atoms with Crippen molar-refractivity contribution in [2.75, 3.05) is 26.7 Å². The number of nitrogens with one attached hydrogen (secondary N) is 1. The van der Waals surface area contributed by atoms with Gasteiger partial charge in [0, 0.05) is 31.7 Å². The lowest BCUT2D eigenvalue weighted by molar-refractivity contribution is 0.0788. The van der Waals surface area contributed by atoms with E-state index in [0.29, 0.717) is 29.5 Å². The monoisotopic (exact) mass is 409 g/mol. The molecule has 0 radical (unpaired) electrons. The van der Waals surface area contributed by atoms with Gasteiger partial charge in [-0.2, -0.15) is 0 Å². The van der Waals surface area contributed by atoms with Gasteiger partial charge in [-0.1, -0.05) is 23.3 Å². The molecule has 0 unspecified atom stereocenters. The summed E-state index contributed by atoms with van der Waals surface area (Å²) in [5.41, 5.74) is 3.27. The van der Waals surface area contributed by atoms with E-state index in [0.717, 1.165) is 25.1 Å². The van der Waals surface area contributed by atoms with Gasteiger partial charge in [-0.25, -0.2) is 4.79 Å². The number of nitrogens with zero attached hydrogens (tertiary/aromatic N) is 2. The Hall–Kier alpha value is -2.82. The molecule has 1 saturated heterocycles. The normalized spacial score (nSPS) is 18.8. The number of hydrogen-bond acceptors (Lipinski definition) is 5. The smallest absolute Gasteiger partial charge is 0.399 e. The number of terminal acetylenes is 1. The first kappa shape index (κ1) is 19.5. The molecule has 0 spiro atoms. The van der Waals surface area contributed by atoms with Crippen LogP contribution in [-0.2, 0) is 13.0 Å². The lowest BCUT2D eigenvalue weighted by Crippen LogP contribution is -2.39. The molecule has 150 valence electrons. The number of ether oxygens (including phenoxy) is 1. The van der Waals surface area contributed by atoms with Gasteiger partial charge in [0.25, 0.3) is 5.91 Å². The Labute approximate surface area is 174 Å². The van der Waals surface area contributed by atoms with Crippen molar-refractivity contribution in [2.45, 2.75) is 25.4 Å². The minimum atomic E-state index is -0.521. The molecule has 3 heterocycles. The molecule has 0 saturated carbocycles. The van der Waals surface area contributed by atoms with Crippen LogP contribution in [0.2, 0.25) is 0 Å². The summed E-state index contributed by atoms with van der Waals surface area (Å²) >= 11 is 1.25. The molecule has 1 aromatic heterocycles. The SMILES string of the molecule is C#Cc1ccc(OC(=O)N[C@@H]2CCN(C(=O)c3ccc4c(c3)CCN(C)C4)C2)s1. The number of likely N-dealkylation sites (N-methyl/N-ethyl adjacent to an activating group) is 1. The number of benzene rings is 1. The first-order valence-electron chi connectivity index (χ1n) is 9.66. The van der Waals surface area contributed by atoms with Crippen LogP contribution in [0.1, 0.15) is 32.8 Å². The van der Waals surface area contributed by atoms with Crippen LogP contribution in [0.3, 0.4) is 0 Å². The standard InChI is InChI=1S/C22H23N3O3S/c1-3-19-6-7-20(29-19)28-22(27)23-18-9-11-25(14-18)21(26)16-4-5-17-13-24(2)10-8-15(17)12-16/h1,4-7,12,18H,8-11,13-14H2,2H3,(H,23,27)/t18-/m1/s1. The van der Waals surface area contributed by atoms with E-state index in [1.165, 1.54) is 22.5 Å². The summed E-state index contributed by atoms with van der Waals surface area (Å²) < 4.78 is 5.28. The molecule has 4 rings (SSSR count). The highest BCUT2D eigenvalue weighted by atomic mass is 32.1. The van der Waals surface area contributed by atoms with Crippen molar-refractivity contribution in [1.29, 1.82) is 0 Å². The van der Waals surface area contributed by atoms with Crippen LogP contribution in [0.4, 0.5) is 4.79 Å². The number of fused-ring (bicyclic) bond motifs is 1. The Balaban J connectivity index is 1.33. The zero-order valence-corrected chi connectivity index (χ0v) is 17.1. The minimum Gasteiger partial charge on any atom is -0.399 e. The molecule has 0 bridgehead atoms. The Morgan fingerprint density at radius 3 is 2.90 bits per heavy atom. The molecule has 29 heavy (non-hydrogen) atoms. The van der Waals surface area contributed by atoms with E-state index in [4.69, 9.17) is 11.2 Å². The van der Waals surface area contributed by atoms with Crippen LogP contribution >= 0.6 is 11.3 Å². The third kappa shape index (κ3) is 4.44. The number of carbonyl (C=O) groups excluding carboxylic acids is 2. The summed E-state index contributed by atoms with van der Waals surface area (Å²) in [5, 5.41) is 3.30. The van der Waals surface area contributed by atoms with E-state index < -0.39 is 6.09 Å². The summed E-state index contributed by atoms with van der Waals surface area (Å²) in [6.45, 7) is 3.03. The molecule has 1 atom stereocenters. The molecule has 2 aliphatic rings. The first-order chi connectivity index (χ1) is 14.0. The molecular weight excluding hydrogens is 386 g/mol. The summed E-state index contributed by atoms with van der Waals surface area (Å²) in [6.07, 6.45) is 6.48.